The maximum absolute atomic E-state index is 12.9. The van der Waals surface area contributed by atoms with Gasteiger partial charge in [-0.25, -0.2) is 9.18 Å². The fourth-order valence-corrected chi connectivity index (χ4v) is 2.16. The Kier molecular flexibility index (Phi) is 4.04. The minimum Gasteiger partial charge on any atom is -0.480 e. The molecule has 1 heterocycles. The van der Waals surface area contributed by atoms with Gasteiger partial charge in [-0.3, -0.25) is 9.69 Å². The van der Waals surface area contributed by atoms with Gasteiger partial charge in [-0.2, -0.15) is 0 Å². The van der Waals surface area contributed by atoms with Gasteiger partial charge >= 0.3 is 6.03 Å². The first-order valence-corrected chi connectivity index (χ1v) is 6.49. The number of nitrogens with zero attached hydrogens (tertiary/aromatic N) is 1. The molecule has 1 aromatic rings. The Bertz CT molecular complexity index is 524. The summed E-state index contributed by atoms with van der Waals surface area (Å²) in [4.78, 5) is 24.5. The Morgan fingerprint density at radius 2 is 2.32 bits per heavy atom. The van der Waals surface area contributed by atoms with Crippen molar-refractivity contribution in [2.24, 2.45) is 0 Å². The summed E-state index contributed by atoms with van der Waals surface area (Å²) >= 11 is 3.15. The van der Waals surface area contributed by atoms with Gasteiger partial charge in [0.2, 0.25) is 0 Å². The van der Waals surface area contributed by atoms with E-state index in [1.165, 1.54) is 18.2 Å². The second-order valence-electron chi connectivity index (χ2n) is 4.06. The largest absolute Gasteiger partial charge is 0.480 e. The Labute approximate surface area is 117 Å². The minimum atomic E-state index is -0.828. The number of ether oxygens (including phenoxy) is 1. The highest BCUT2D eigenvalue weighted by Gasteiger charge is 2.30. The van der Waals surface area contributed by atoms with Crippen molar-refractivity contribution in [1.82, 2.24) is 10.2 Å². The fraction of sp³-hybridized carbons (Fsp3) is 0.333. The predicted octanol–water partition coefficient (Wildman–Crippen LogP) is 1.91. The third-order valence-corrected chi connectivity index (χ3v) is 3.29. The molecule has 1 aromatic carbocycles. The zero-order valence-electron chi connectivity index (χ0n) is 10.2. The van der Waals surface area contributed by atoms with E-state index in [0.29, 0.717) is 23.3 Å². The van der Waals surface area contributed by atoms with Gasteiger partial charge in [-0.05, 0) is 41.1 Å². The van der Waals surface area contributed by atoms with E-state index < -0.39 is 23.9 Å². The predicted molar refractivity (Wildman–Crippen MR) is 69.3 cm³/mol. The standard InChI is InChI=1S/C12H12BrFN2O3/c1-7(11(17)16-5-4-15-12(16)18)19-10-3-2-8(14)6-9(10)13/h2-3,6-7H,4-5H2,1H3,(H,15,18)/t7-/m1/s1. The molecule has 19 heavy (non-hydrogen) atoms. The van der Waals surface area contributed by atoms with Crippen molar-refractivity contribution in [3.05, 3.63) is 28.5 Å². The van der Waals surface area contributed by atoms with Crippen LogP contribution in [-0.2, 0) is 4.79 Å². The molecule has 0 radical (unpaired) electrons. The molecule has 1 aliphatic rings. The van der Waals surface area contributed by atoms with E-state index in [0.717, 1.165) is 4.90 Å². The summed E-state index contributed by atoms with van der Waals surface area (Å²) in [5.41, 5.74) is 0. The number of urea groups is 1. The second-order valence-corrected chi connectivity index (χ2v) is 4.91. The topological polar surface area (TPSA) is 58.6 Å². The van der Waals surface area contributed by atoms with Gasteiger partial charge in [0.1, 0.15) is 11.6 Å². The van der Waals surface area contributed by atoms with Crippen LogP contribution < -0.4 is 10.1 Å². The molecular formula is C12H12BrFN2O3. The number of benzene rings is 1. The number of amides is 3. The Hall–Kier alpha value is -1.63. The normalized spacial score (nSPS) is 16.2. The highest BCUT2D eigenvalue weighted by molar-refractivity contribution is 9.10. The highest BCUT2D eigenvalue weighted by atomic mass is 79.9. The monoisotopic (exact) mass is 330 g/mol. The van der Waals surface area contributed by atoms with Gasteiger partial charge in [0, 0.05) is 13.1 Å². The summed E-state index contributed by atoms with van der Waals surface area (Å²) in [7, 11) is 0. The van der Waals surface area contributed by atoms with Gasteiger partial charge in [-0.1, -0.05) is 0 Å². The third kappa shape index (κ3) is 3.04. The number of hydrogen-bond acceptors (Lipinski definition) is 3. The van der Waals surface area contributed by atoms with Crippen LogP contribution in [0.1, 0.15) is 6.92 Å². The van der Waals surface area contributed by atoms with Crippen molar-refractivity contribution in [2.75, 3.05) is 13.1 Å². The molecule has 3 amide bonds. The molecule has 1 atom stereocenters. The molecule has 7 heteroatoms. The van der Waals surface area contributed by atoms with E-state index in [-0.39, 0.29) is 0 Å². The first kappa shape index (κ1) is 13.8. The average molecular weight is 331 g/mol. The molecule has 1 aliphatic heterocycles. The number of imide groups is 1. The van der Waals surface area contributed by atoms with Gasteiger partial charge in [0.05, 0.1) is 4.47 Å². The van der Waals surface area contributed by atoms with Crippen molar-refractivity contribution in [2.45, 2.75) is 13.0 Å². The molecule has 1 N–H and O–H groups in total. The zero-order chi connectivity index (χ0) is 14.0. The smallest absolute Gasteiger partial charge is 0.324 e. The molecule has 0 unspecified atom stereocenters. The summed E-state index contributed by atoms with van der Waals surface area (Å²) in [6, 6.07) is 3.49. The maximum Gasteiger partial charge on any atom is 0.324 e. The van der Waals surface area contributed by atoms with Gasteiger partial charge in [0.25, 0.3) is 5.91 Å². The van der Waals surface area contributed by atoms with Crippen LogP contribution >= 0.6 is 15.9 Å². The molecule has 0 saturated carbocycles. The Morgan fingerprint density at radius 1 is 1.58 bits per heavy atom. The summed E-state index contributed by atoms with van der Waals surface area (Å²) in [5, 5.41) is 2.54. The lowest BCUT2D eigenvalue weighted by molar-refractivity contribution is -0.134. The highest BCUT2D eigenvalue weighted by Crippen LogP contribution is 2.26. The molecule has 2 rings (SSSR count). The Morgan fingerprint density at radius 3 is 2.89 bits per heavy atom. The summed E-state index contributed by atoms with van der Waals surface area (Å²) in [5.74, 6) is -0.481. The SMILES string of the molecule is C[C@@H](Oc1ccc(F)cc1Br)C(=O)N1CCNC1=O. The number of carbonyl (C=O) groups excluding carboxylic acids is 2. The van der Waals surface area contributed by atoms with E-state index >= 15 is 0 Å². The quantitative estimate of drug-likeness (QED) is 0.920. The van der Waals surface area contributed by atoms with Crippen LogP contribution in [0.5, 0.6) is 5.75 Å². The van der Waals surface area contributed by atoms with Crippen LogP contribution in [0.4, 0.5) is 9.18 Å². The van der Waals surface area contributed by atoms with Crippen LogP contribution in [0.3, 0.4) is 0 Å². The van der Waals surface area contributed by atoms with E-state index in [2.05, 4.69) is 21.2 Å². The molecule has 1 saturated heterocycles. The lowest BCUT2D eigenvalue weighted by atomic mass is 10.3. The van der Waals surface area contributed by atoms with Crippen LogP contribution in [0.15, 0.2) is 22.7 Å². The second kappa shape index (κ2) is 5.56. The summed E-state index contributed by atoms with van der Waals surface area (Å²) in [6.07, 6.45) is -0.828. The molecular weight excluding hydrogens is 319 g/mol. The molecule has 0 aliphatic carbocycles. The van der Waals surface area contributed by atoms with Crippen LogP contribution in [-0.4, -0.2) is 36.0 Å². The first-order chi connectivity index (χ1) is 8.99. The van der Waals surface area contributed by atoms with E-state index in [9.17, 15) is 14.0 Å². The molecule has 5 nitrogen and oxygen atoms in total. The van der Waals surface area contributed by atoms with Crippen molar-refractivity contribution in [1.29, 1.82) is 0 Å². The first-order valence-electron chi connectivity index (χ1n) is 5.70. The third-order valence-electron chi connectivity index (χ3n) is 2.67. The maximum atomic E-state index is 12.9. The van der Waals surface area contributed by atoms with Crippen LogP contribution in [0.25, 0.3) is 0 Å². The molecule has 1 fully saturated rings. The van der Waals surface area contributed by atoms with Crippen LogP contribution in [0.2, 0.25) is 0 Å². The lowest BCUT2D eigenvalue weighted by Crippen LogP contribution is -2.42. The average Bonchev–Trinajstić information content (AvgIpc) is 2.78. The van der Waals surface area contributed by atoms with Gasteiger partial charge < -0.3 is 10.1 Å². The van der Waals surface area contributed by atoms with Crippen molar-refractivity contribution in [3.63, 3.8) is 0 Å². The fourth-order valence-electron chi connectivity index (χ4n) is 1.71. The summed E-state index contributed by atoms with van der Waals surface area (Å²) in [6.45, 7) is 2.32. The molecule has 102 valence electrons. The van der Waals surface area contributed by atoms with E-state index in [4.69, 9.17) is 4.74 Å². The molecule has 0 bridgehead atoms. The Balaban J connectivity index is 2.06. The molecule has 0 spiro atoms. The number of rotatable bonds is 3. The van der Waals surface area contributed by atoms with Crippen molar-refractivity contribution < 1.29 is 18.7 Å². The summed E-state index contributed by atoms with van der Waals surface area (Å²) < 4.78 is 18.8. The van der Waals surface area contributed by atoms with Gasteiger partial charge in [-0.15, -0.1) is 0 Å². The number of halogens is 2. The number of carbonyl (C=O) groups is 2. The van der Waals surface area contributed by atoms with Crippen molar-refractivity contribution in [3.8, 4) is 5.75 Å². The van der Waals surface area contributed by atoms with E-state index in [1.54, 1.807) is 6.92 Å². The molecule has 0 aromatic heterocycles. The number of hydrogen-bond donors (Lipinski definition) is 1. The number of nitrogens with one attached hydrogen (secondary N) is 1. The van der Waals surface area contributed by atoms with Gasteiger partial charge in [0.15, 0.2) is 6.10 Å². The van der Waals surface area contributed by atoms with Crippen LogP contribution in [0, 0.1) is 5.82 Å². The van der Waals surface area contributed by atoms with E-state index in [1.807, 2.05) is 0 Å². The zero-order valence-corrected chi connectivity index (χ0v) is 11.7. The minimum absolute atomic E-state index is 0.329. The van der Waals surface area contributed by atoms with Crippen molar-refractivity contribution >= 4 is 27.9 Å². The lowest BCUT2D eigenvalue weighted by Gasteiger charge is -2.19.